The standard InChI is InChI=1S/C7H4Br2F3N/c8-2-3-1-4(7(11)12)13-6(9)5(3)10/h1,7H,2H2. The second-order valence-corrected chi connectivity index (χ2v) is 3.56. The second-order valence-electron chi connectivity index (χ2n) is 2.25. The van der Waals surface area contributed by atoms with Crippen molar-refractivity contribution in [3.05, 3.63) is 27.7 Å². The molecule has 13 heavy (non-hydrogen) atoms. The molecule has 1 heterocycles. The van der Waals surface area contributed by atoms with E-state index in [-0.39, 0.29) is 15.5 Å². The summed E-state index contributed by atoms with van der Waals surface area (Å²) in [6.45, 7) is 0. The van der Waals surface area contributed by atoms with Gasteiger partial charge in [0.1, 0.15) is 10.3 Å². The summed E-state index contributed by atoms with van der Waals surface area (Å²) in [7, 11) is 0. The first-order valence-corrected chi connectivity index (χ1v) is 5.16. The van der Waals surface area contributed by atoms with Crippen molar-refractivity contribution in [1.29, 1.82) is 0 Å². The van der Waals surface area contributed by atoms with Crippen molar-refractivity contribution in [3.8, 4) is 0 Å². The smallest absolute Gasteiger partial charge is 0.237 e. The average molecular weight is 319 g/mol. The second kappa shape index (κ2) is 4.41. The van der Waals surface area contributed by atoms with Crippen LogP contribution in [0, 0.1) is 5.82 Å². The maximum Gasteiger partial charge on any atom is 0.280 e. The lowest BCUT2D eigenvalue weighted by atomic mass is 10.2. The van der Waals surface area contributed by atoms with E-state index in [1.807, 2.05) is 0 Å². The van der Waals surface area contributed by atoms with Crippen LogP contribution in [0.4, 0.5) is 13.2 Å². The molecule has 0 N–H and O–H groups in total. The minimum atomic E-state index is -2.69. The number of pyridine rings is 1. The Labute approximate surface area is 89.6 Å². The van der Waals surface area contributed by atoms with Crippen molar-refractivity contribution in [2.45, 2.75) is 11.8 Å². The Kier molecular flexibility index (Phi) is 3.73. The van der Waals surface area contributed by atoms with E-state index in [1.165, 1.54) is 0 Å². The fraction of sp³-hybridized carbons (Fsp3) is 0.286. The normalized spacial score (nSPS) is 10.9. The van der Waals surface area contributed by atoms with E-state index in [0.29, 0.717) is 0 Å². The summed E-state index contributed by atoms with van der Waals surface area (Å²) in [6.07, 6.45) is -2.69. The average Bonchev–Trinajstić information content (AvgIpc) is 2.09. The number of nitrogens with zero attached hydrogens (tertiary/aromatic N) is 1. The lowest BCUT2D eigenvalue weighted by molar-refractivity contribution is 0.145. The van der Waals surface area contributed by atoms with Crippen LogP contribution in [0.1, 0.15) is 17.7 Å². The van der Waals surface area contributed by atoms with Gasteiger partial charge in [0.2, 0.25) is 0 Å². The fourth-order valence-corrected chi connectivity index (χ4v) is 1.65. The number of alkyl halides is 3. The molecule has 0 aliphatic rings. The third-order valence-corrected chi connectivity index (χ3v) is 2.51. The fourth-order valence-electron chi connectivity index (χ4n) is 0.778. The highest BCUT2D eigenvalue weighted by Crippen LogP contribution is 2.25. The Morgan fingerprint density at radius 1 is 1.46 bits per heavy atom. The Hall–Kier alpha value is -0.100. The van der Waals surface area contributed by atoms with Crippen LogP contribution in [0.2, 0.25) is 0 Å². The van der Waals surface area contributed by atoms with Crippen LogP contribution in [0.15, 0.2) is 10.7 Å². The van der Waals surface area contributed by atoms with E-state index in [2.05, 4.69) is 36.8 Å². The van der Waals surface area contributed by atoms with Crippen molar-refractivity contribution < 1.29 is 13.2 Å². The zero-order chi connectivity index (χ0) is 10.0. The number of rotatable bonds is 2. The minimum absolute atomic E-state index is 0.164. The SMILES string of the molecule is Fc1c(CBr)cc(C(F)F)nc1Br. The van der Waals surface area contributed by atoms with Gasteiger partial charge in [0.05, 0.1) is 0 Å². The highest BCUT2D eigenvalue weighted by molar-refractivity contribution is 9.10. The van der Waals surface area contributed by atoms with E-state index < -0.39 is 17.9 Å². The molecular formula is C7H4Br2F3N. The van der Waals surface area contributed by atoms with Crippen LogP contribution in [0.25, 0.3) is 0 Å². The van der Waals surface area contributed by atoms with Crippen molar-refractivity contribution in [1.82, 2.24) is 4.98 Å². The maximum absolute atomic E-state index is 13.1. The van der Waals surface area contributed by atoms with Crippen LogP contribution in [0.3, 0.4) is 0 Å². The summed E-state index contributed by atoms with van der Waals surface area (Å²) >= 11 is 5.76. The molecule has 1 rings (SSSR count). The highest BCUT2D eigenvalue weighted by Gasteiger charge is 2.15. The Balaban J connectivity index is 3.22. The van der Waals surface area contributed by atoms with Gasteiger partial charge in [-0.2, -0.15) is 0 Å². The van der Waals surface area contributed by atoms with Crippen molar-refractivity contribution >= 4 is 31.9 Å². The predicted molar refractivity (Wildman–Crippen MR) is 49.5 cm³/mol. The molecule has 1 nitrogen and oxygen atoms in total. The molecule has 0 spiro atoms. The van der Waals surface area contributed by atoms with Crippen molar-refractivity contribution in [2.75, 3.05) is 0 Å². The third-order valence-electron chi connectivity index (χ3n) is 1.38. The molecule has 0 radical (unpaired) electrons. The predicted octanol–water partition coefficient (Wildman–Crippen LogP) is 3.82. The van der Waals surface area contributed by atoms with Gasteiger partial charge in [-0.1, -0.05) is 15.9 Å². The summed E-state index contributed by atoms with van der Waals surface area (Å²) in [5, 5.41) is 0.180. The molecule has 0 unspecified atom stereocenters. The van der Waals surface area contributed by atoms with Gasteiger partial charge in [-0.15, -0.1) is 0 Å². The first-order valence-electron chi connectivity index (χ1n) is 3.25. The van der Waals surface area contributed by atoms with E-state index >= 15 is 0 Å². The van der Waals surface area contributed by atoms with E-state index in [4.69, 9.17) is 0 Å². The summed E-state index contributed by atoms with van der Waals surface area (Å²) < 4.78 is 37.2. The monoisotopic (exact) mass is 317 g/mol. The summed E-state index contributed by atoms with van der Waals surface area (Å²) in [5.41, 5.74) is -0.264. The first kappa shape index (κ1) is 11.0. The van der Waals surface area contributed by atoms with Gasteiger partial charge in [-0.3, -0.25) is 0 Å². The molecule has 6 heteroatoms. The third kappa shape index (κ3) is 2.43. The maximum atomic E-state index is 13.1. The molecule has 0 saturated heterocycles. The zero-order valence-corrected chi connectivity index (χ0v) is 9.37. The Morgan fingerprint density at radius 2 is 2.08 bits per heavy atom. The van der Waals surface area contributed by atoms with Gasteiger partial charge in [0, 0.05) is 10.9 Å². The summed E-state index contributed by atoms with van der Waals surface area (Å²) in [4.78, 5) is 3.35. The molecule has 0 aliphatic heterocycles. The van der Waals surface area contributed by atoms with Crippen LogP contribution < -0.4 is 0 Å². The minimum Gasteiger partial charge on any atom is -0.237 e. The number of hydrogen-bond acceptors (Lipinski definition) is 1. The molecular weight excluding hydrogens is 315 g/mol. The van der Waals surface area contributed by atoms with E-state index in [9.17, 15) is 13.2 Å². The van der Waals surface area contributed by atoms with Crippen molar-refractivity contribution in [2.24, 2.45) is 0 Å². The number of hydrogen-bond donors (Lipinski definition) is 0. The molecule has 0 atom stereocenters. The Bertz CT molecular complexity index is 317. The number of halogens is 5. The van der Waals surface area contributed by atoms with Crippen LogP contribution in [-0.2, 0) is 5.33 Å². The van der Waals surface area contributed by atoms with Gasteiger partial charge < -0.3 is 0 Å². The molecule has 0 bridgehead atoms. The van der Waals surface area contributed by atoms with Gasteiger partial charge in [0.15, 0.2) is 5.82 Å². The first-order chi connectivity index (χ1) is 6.06. The highest BCUT2D eigenvalue weighted by atomic mass is 79.9. The molecule has 0 aliphatic carbocycles. The van der Waals surface area contributed by atoms with Crippen LogP contribution in [-0.4, -0.2) is 4.98 Å². The molecule has 72 valence electrons. The summed E-state index contributed by atoms with van der Waals surface area (Å²) in [5.74, 6) is -0.610. The van der Waals surface area contributed by atoms with Gasteiger partial charge in [-0.05, 0) is 22.0 Å². The summed E-state index contributed by atoms with van der Waals surface area (Å²) in [6, 6.07) is 1.04. The molecule has 1 aromatic heterocycles. The number of aromatic nitrogens is 1. The van der Waals surface area contributed by atoms with Crippen LogP contribution >= 0.6 is 31.9 Å². The molecule has 0 amide bonds. The van der Waals surface area contributed by atoms with E-state index in [1.54, 1.807) is 0 Å². The Morgan fingerprint density at radius 3 is 2.54 bits per heavy atom. The molecule has 0 aromatic carbocycles. The van der Waals surface area contributed by atoms with Gasteiger partial charge >= 0.3 is 0 Å². The zero-order valence-electron chi connectivity index (χ0n) is 6.20. The van der Waals surface area contributed by atoms with E-state index in [0.717, 1.165) is 6.07 Å². The van der Waals surface area contributed by atoms with Gasteiger partial charge in [-0.25, -0.2) is 18.2 Å². The van der Waals surface area contributed by atoms with Crippen LogP contribution in [0.5, 0.6) is 0 Å². The quantitative estimate of drug-likeness (QED) is 0.597. The molecule has 0 fully saturated rings. The van der Waals surface area contributed by atoms with Gasteiger partial charge in [0.25, 0.3) is 6.43 Å². The molecule has 0 saturated carbocycles. The largest absolute Gasteiger partial charge is 0.280 e. The lowest BCUT2D eigenvalue weighted by Crippen LogP contribution is -1.97. The topological polar surface area (TPSA) is 12.9 Å². The lowest BCUT2D eigenvalue weighted by Gasteiger charge is -2.04. The van der Waals surface area contributed by atoms with Crippen molar-refractivity contribution in [3.63, 3.8) is 0 Å². The molecule has 1 aromatic rings.